The SMILES string of the molecule is CN=C(NCc1ccnc(-n2cccn2)c1)NCc1cccs1.I. The van der Waals surface area contributed by atoms with Crippen LogP contribution in [0.5, 0.6) is 0 Å². The van der Waals surface area contributed by atoms with Crippen molar-refractivity contribution in [3.05, 3.63) is 64.7 Å². The molecule has 0 atom stereocenters. The van der Waals surface area contributed by atoms with Crippen LogP contribution in [-0.2, 0) is 13.1 Å². The fraction of sp³-hybridized carbons (Fsp3) is 0.188. The summed E-state index contributed by atoms with van der Waals surface area (Å²) in [7, 11) is 1.77. The zero-order valence-electron chi connectivity index (χ0n) is 13.2. The van der Waals surface area contributed by atoms with Crippen LogP contribution in [0, 0.1) is 0 Å². The number of halogens is 1. The molecule has 8 heteroatoms. The zero-order valence-corrected chi connectivity index (χ0v) is 16.4. The minimum atomic E-state index is 0. The normalized spacial score (nSPS) is 11.0. The van der Waals surface area contributed by atoms with Crippen molar-refractivity contribution < 1.29 is 0 Å². The molecular formula is C16H19IN6S. The molecule has 0 aliphatic rings. The molecule has 0 bridgehead atoms. The second-order valence-corrected chi connectivity index (χ2v) is 5.86. The van der Waals surface area contributed by atoms with Crippen molar-refractivity contribution >= 4 is 41.3 Å². The molecule has 0 amide bonds. The van der Waals surface area contributed by atoms with E-state index in [4.69, 9.17) is 0 Å². The number of nitrogens with one attached hydrogen (secondary N) is 2. The van der Waals surface area contributed by atoms with Gasteiger partial charge in [0.15, 0.2) is 11.8 Å². The summed E-state index contributed by atoms with van der Waals surface area (Å²) in [4.78, 5) is 9.84. The maximum absolute atomic E-state index is 4.33. The first-order valence-electron chi connectivity index (χ1n) is 7.27. The summed E-state index contributed by atoms with van der Waals surface area (Å²) < 4.78 is 1.74. The van der Waals surface area contributed by atoms with E-state index >= 15 is 0 Å². The van der Waals surface area contributed by atoms with E-state index < -0.39 is 0 Å². The average molecular weight is 454 g/mol. The maximum Gasteiger partial charge on any atom is 0.191 e. The molecule has 0 saturated carbocycles. The van der Waals surface area contributed by atoms with Gasteiger partial charge in [-0.25, -0.2) is 9.67 Å². The molecule has 0 fully saturated rings. The Kier molecular flexibility index (Phi) is 7.19. The van der Waals surface area contributed by atoms with Gasteiger partial charge in [0.05, 0.1) is 6.54 Å². The number of rotatable bonds is 5. The minimum Gasteiger partial charge on any atom is -0.352 e. The van der Waals surface area contributed by atoms with E-state index in [1.165, 1.54) is 4.88 Å². The predicted molar refractivity (Wildman–Crippen MR) is 108 cm³/mol. The molecule has 0 unspecified atom stereocenters. The zero-order chi connectivity index (χ0) is 15.9. The first kappa shape index (κ1) is 18.4. The molecule has 3 aromatic heterocycles. The lowest BCUT2D eigenvalue weighted by Gasteiger charge is -2.11. The van der Waals surface area contributed by atoms with Gasteiger partial charge in [-0.3, -0.25) is 4.99 Å². The molecule has 2 N–H and O–H groups in total. The van der Waals surface area contributed by atoms with Crippen LogP contribution in [0.2, 0.25) is 0 Å². The third kappa shape index (κ3) is 5.03. The molecule has 0 saturated heterocycles. The molecule has 0 aliphatic carbocycles. The van der Waals surface area contributed by atoms with Crippen LogP contribution in [0.3, 0.4) is 0 Å². The number of guanidine groups is 1. The molecule has 3 aromatic rings. The second kappa shape index (κ2) is 9.38. The number of aliphatic imine (C=N–C) groups is 1. The summed E-state index contributed by atoms with van der Waals surface area (Å²) in [5.74, 6) is 1.58. The second-order valence-electron chi connectivity index (χ2n) is 4.83. The molecule has 6 nitrogen and oxygen atoms in total. The van der Waals surface area contributed by atoms with Crippen LogP contribution in [0.4, 0.5) is 0 Å². The van der Waals surface area contributed by atoms with Crippen molar-refractivity contribution in [3.63, 3.8) is 0 Å². The summed E-state index contributed by atoms with van der Waals surface area (Å²) in [5.41, 5.74) is 1.12. The molecule has 0 spiro atoms. The fourth-order valence-corrected chi connectivity index (χ4v) is 2.74. The Bertz CT molecular complexity index is 755. The number of hydrogen-bond acceptors (Lipinski definition) is 4. The van der Waals surface area contributed by atoms with E-state index in [1.807, 2.05) is 30.5 Å². The van der Waals surface area contributed by atoms with E-state index in [9.17, 15) is 0 Å². The molecular weight excluding hydrogens is 435 g/mol. The molecule has 24 heavy (non-hydrogen) atoms. The van der Waals surface area contributed by atoms with Crippen LogP contribution in [0.25, 0.3) is 5.82 Å². The number of thiophene rings is 1. The lowest BCUT2D eigenvalue weighted by atomic mass is 10.2. The number of nitrogens with zero attached hydrogens (tertiary/aromatic N) is 4. The maximum atomic E-state index is 4.33. The number of pyridine rings is 1. The summed E-state index contributed by atoms with van der Waals surface area (Å²) in [6.45, 7) is 1.44. The van der Waals surface area contributed by atoms with E-state index in [-0.39, 0.29) is 24.0 Å². The topological polar surface area (TPSA) is 67.1 Å². The van der Waals surface area contributed by atoms with Crippen LogP contribution < -0.4 is 10.6 Å². The summed E-state index contributed by atoms with van der Waals surface area (Å²) in [6.07, 6.45) is 5.40. The highest BCUT2D eigenvalue weighted by Crippen LogP contribution is 2.08. The Morgan fingerprint density at radius 2 is 2.08 bits per heavy atom. The van der Waals surface area contributed by atoms with E-state index in [2.05, 4.69) is 37.2 Å². The summed E-state index contributed by atoms with van der Waals surface area (Å²) in [5, 5.41) is 12.9. The highest BCUT2D eigenvalue weighted by molar-refractivity contribution is 14.0. The van der Waals surface area contributed by atoms with Gasteiger partial charge in [0, 0.05) is 37.1 Å². The Labute approximate surface area is 162 Å². The van der Waals surface area contributed by atoms with Crippen LogP contribution in [0.1, 0.15) is 10.4 Å². The Balaban J connectivity index is 0.00000208. The number of aromatic nitrogens is 3. The van der Waals surface area contributed by atoms with E-state index in [0.717, 1.165) is 23.9 Å². The first-order valence-corrected chi connectivity index (χ1v) is 8.15. The Hall–Kier alpha value is -1.94. The largest absolute Gasteiger partial charge is 0.352 e. The molecule has 3 rings (SSSR count). The van der Waals surface area contributed by atoms with Crippen molar-refractivity contribution in [2.24, 2.45) is 4.99 Å². The van der Waals surface area contributed by atoms with Crippen LogP contribution in [-0.4, -0.2) is 27.8 Å². The standard InChI is InChI=1S/C16H18N6S.HI/c1-17-16(20-12-14-4-2-9-23-14)19-11-13-5-7-18-15(10-13)22-8-3-6-21-22;/h2-10H,11-12H2,1H3,(H2,17,19,20);1H. The van der Waals surface area contributed by atoms with Crippen molar-refractivity contribution in [2.75, 3.05) is 7.05 Å². The quantitative estimate of drug-likeness (QED) is 0.354. The Morgan fingerprint density at radius 1 is 1.21 bits per heavy atom. The highest BCUT2D eigenvalue weighted by Gasteiger charge is 2.02. The van der Waals surface area contributed by atoms with Gasteiger partial charge in [-0.2, -0.15) is 5.10 Å². The molecule has 0 aromatic carbocycles. The van der Waals surface area contributed by atoms with Gasteiger partial charge in [0.25, 0.3) is 0 Å². The minimum absolute atomic E-state index is 0. The summed E-state index contributed by atoms with van der Waals surface area (Å²) >= 11 is 1.73. The van der Waals surface area contributed by atoms with Gasteiger partial charge in [-0.15, -0.1) is 35.3 Å². The van der Waals surface area contributed by atoms with E-state index in [1.54, 1.807) is 35.5 Å². The third-order valence-electron chi connectivity index (χ3n) is 3.24. The predicted octanol–water partition coefficient (Wildman–Crippen LogP) is 2.81. The van der Waals surface area contributed by atoms with Gasteiger partial charge >= 0.3 is 0 Å². The van der Waals surface area contributed by atoms with Crippen molar-refractivity contribution in [3.8, 4) is 5.82 Å². The lowest BCUT2D eigenvalue weighted by Crippen LogP contribution is -2.36. The van der Waals surface area contributed by atoms with E-state index in [0.29, 0.717) is 6.54 Å². The molecule has 126 valence electrons. The fourth-order valence-electron chi connectivity index (χ4n) is 2.09. The van der Waals surface area contributed by atoms with Crippen molar-refractivity contribution in [2.45, 2.75) is 13.1 Å². The van der Waals surface area contributed by atoms with Gasteiger partial charge < -0.3 is 10.6 Å². The van der Waals surface area contributed by atoms with Crippen molar-refractivity contribution in [1.82, 2.24) is 25.4 Å². The van der Waals surface area contributed by atoms with Crippen LogP contribution in [0.15, 0.2) is 59.3 Å². The van der Waals surface area contributed by atoms with Gasteiger partial charge in [0.1, 0.15) is 0 Å². The summed E-state index contributed by atoms with van der Waals surface area (Å²) in [6, 6.07) is 10.0. The third-order valence-corrected chi connectivity index (χ3v) is 4.12. The van der Waals surface area contributed by atoms with Gasteiger partial charge in [0.2, 0.25) is 0 Å². The number of hydrogen-bond donors (Lipinski definition) is 2. The van der Waals surface area contributed by atoms with Gasteiger partial charge in [-0.1, -0.05) is 6.07 Å². The monoisotopic (exact) mass is 454 g/mol. The molecule has 0 radical (unpaired) electrons. The lowest BCUT2D eigenvalue weighted by molar-refractivity contribution is 0.805. The van der Waals surface area contributed by atoms with Crippen molar-refractivity contribution in [1.29, 1.82) is 0 Å². The Morgan fingerprint density at radius 3 is 2.79 bits per heavy atom. The average Bonchev–Trinajstić information content (AvgIpc) is 3.29. The molecule has 3 heterocycles. The van der Waals surface area contributed by atoms with Gasteiger partial charge in [-0.05, 0) is 35.2 Å². The van der Waals surface area contributed by atoms with Crippen LogP contribution >= 0.6 is 35.3 Å². The first-order chi connectivity index (χ1) is 11.3. The smallest absolute Gasteiger partial charge is 0.191 e. The highest BCUT2D eigenvalue weighted by atomic mass is 127. The molecule has 0 aliphatic heterocycles.